The number of hydrazone groups is 1. The van der Waals surface area contributed by atoms with Crippen LogP contribution in [-0.2, 0) is 6.54 Å². The van der Waals surface area contributed by atoms with Crippen LogP contribution >= 0.6 is 23.8 Å². The summed E-state index contributed by atoms with van der Waals surface area (Å²) in [4.78, 5) is 0. The zero-order chi connectivity index (χ0) is 20.4. The molecular weight excluding hydrogens is 402 g/mol. The average molecular weight is 422 g/mol. The number of methoxy groups -OCH3 is 1. The molecule has 4 nitrogen and oxygen atoms in total. The summed E-state index contributed by atoms with van der Waals surface area (Å²) < 4.78 is 5.25. The highest BCUT2D eigenvalue weighted by Crippen LogP contribution is 2.27. The van der Waals surface area contributed by atoms with Crippen molar-refractivity contribution in [3.63, 3.8) is 0 Å². The van der Waals surface area contributed by atoms with Crippen molar-refractivity contribution in [3.8, 4) is 5.75 Å². The van der Waals surface area contributed by atoms with Crippen LogP contribution < -0.4 is 10.1 Å². The molecule has 0 bridgehead atoms. The minimum atomic E-state index is 0.542. The highest BCUT2D eigenvalue weighted by atomic mass is 35.5. The standard InChI is InChI=1S/C23H20ClN3OS/c1-15-3-12-20-21(13-15)25-23(29)27(14-16-4-10-19(28-2)11-5-16)26-22(20)17-6-8-18(24)9-7-17/h3-13H,14H2,1-2H3,(H,25,29). The Morgan fingerprint density at radius 2 is 1.76 bits per heavy atom. The first-order valence-corrected chi connectivity index (χ1v) is 9.99. The van der Waals surface area contributed by atoms with Gasteiger partial charge in [0.2, 0.25) is 0 Å². The van der Waals surface area contributed by atoms with Gasteiger partial charge in [0.15, 0.2) is 5.11 Å². The number of benzene rings is 3. The predicted molar refractivity (Wildman–Crippen MR) is 123 cm³/mol. The Balaban J connectivity index is 1.77. The number of hydrogen-bond acceptors (Lipinski definition) is 3. The molecule has 3 aromatic rings. The molecule has 6 heteroatoms. The first-order chi connectivity index (χ1) is 14.0. The van der Waals surface area contributed by atoms with Gasteiger partial charge in [0.25, 0.3) is 0 Å². The van der Waals surface area contributed by atoms with Gasteiger partial charge >= 0.3 is 0 Å². The smallest absolute Gasteiger partial charge is 0.194 e. The van der Waals surface area contributed by atoms with Crippen molar-refractivity contribution in [2.24, 2.45) is 5.10 Å². The summed E-state index contributed by atoms with van der Waals surface area (Å²) in [6.07, 6.45) is 0. The van der Waals surface area contributed by atoms with Crippen molar-refractivity contribution >= 4 is 40.3 Å². The first kappa shape index (κ1) is 19.4. The van der Waals surface area contributed by atoms with Gasteiger partial charge in [-0.1, -0.05) is 48.0 Å². The summed E-state index contributed by atoms with van der Waals surface area (Å²) in [6.45, 7) is 2.60. The van der Waals surface area contributed by atoms with Gasteiger partial charge in [-0.05, 0) is 60.6 Å². The number of aryl methyl sites for hydroxylation is 1. The summed E-state index contributed by atoms with van der Waals surface area (Å²) in [5.41, 5.74) is 6.00. The van der Waals surface area contributed by atoms with Crippen molar-refractivity contribution in [1.82, 2.24) is 5.01 Å². The molecule has 1 N–H and O–H groups in total. The van der Waals surface area contributed by atoms with Gasteiger partial charge in [0, 0.05) is 16.1 Å². The second-order valence-electron chi connectivity index (χ2n) is 6.84. The lowest BCUT2D eigenvalue weighted by molar-refractivity contribution is 0.413. The quantitative estimate of drug-likeness (QED) is 0.554. The van der Waals surface area contributed by atoms with Crippen LogP contribution in [0.4, 0.5) is 5.69 Å². The highest BCUT2D eigenvalue weighted by molar-refractivity contribution is 7.80. The third-order valence-electron chi connectivity index (χ3n) is 4.74. The third-order valence-corrected chi connectivity index (χ3v) is 5.30. The monoisotopic (exact) mass is 421 g/mol. The highest BCUT2D eigenvalue weighted by Gasteiger charge is 2.21. The number of anilines is 1. The minimum Gasteiger partial charge on any atom is -0.497 e. The van der Waals surface area contributed by atoms with E-state index in [1.807, 2.05) is 53.5 Å². The van der Waals surface area contributed by atoms with Crippen LogP contribution in [0.15, 0.2) is 71.8 Å². The van der Waals surface area contributed by atoms with Crippen molar-refractivity contribution in [2.45, 2.75) is 13.5 Å². The zero-order valence-electron chi connectivity index (χ0n) is 16.1. The number of halogens is 1. The molecule has 3 aromatic carbocycles. The molecule has 0 spiro atoms. The van der Waals surface area contributed by atoms with Crippen LogP contribution in [0.25, 0.3) is 0 Å². The van der Waals surface area contributed by atoms with Crippen LogP contribution in [-0.4, -0.2) is 22.9 Å². The first-order valence-electron chi connectivity index (χ1n) is 9.20. The number of fused-ring (bicyclic) bond motifs is 1. The molecule has 146 valence electrons. The molecule has 0 aliphatic carbocycles. The second kappa shape index (κ2) is 8.23. The summed E-state index contributed by atoms with van der Waals surface area (Å²) in [7, 11) is 1.66. The molecule has 0 fully saturated rings. The van der Waals surface area contributed by atoms with E-state index in [1.54, 1.807) is 7.11 Å². The van der Waals surface area contributed by atoms with Crippen LogP contribution in [0.1, 0.15) is 22.3 Å². The number of nitrogens with one attached hydrogen (secondary N) is 1. The lowest BCUT2D eigenvalue weighted by Gasteiger charge is -2.19. The topological polar surface area (TPSA) is 36.9 Å². The molecule has 4 rings (SSSR count). The molecule has 0 radical (unpaired) electrons. The summed E-state index contributed by atoms with van der Waals surface area (Å²) in [5, 5.41) is 11.4. The van der Waals surface area contributed by atoms with E-state index in [0.717, 1.165) is 39.4 Å². The number of nitrogens with zero attached hydrogens (tertiary/aromatic N) is 2. The largest absolute Gasteiger partial charge is 0.497 e. The number of ether oxygens (including phenoxy) is 1. The van der Waals surface area contributed by atoms with Gasteiger partial charge < -0.3 is 10.1 Å². The molecule has 0 saturated heterocycles. The minimum absolute atomic E-state index is 0.542. The van der Waals surface area contributed by atoms with Gasteiger partial charge in [0.1, 0.15) is 11.5 Å². The average Bonchev–Trinajstić information content (AvgIpc) is 2.85. The van der Waals surface area contributed by atoms with E-state index in [2.05, 4.69) is 30.4 Å². The van der Waals surface area contributed by atoms with E-state index in [-0.39, 0.29) is 0 Å². The molecule has 1 aliphatic rings. The van der Waals surface area contributed by atoms with Crippen molar-refractivity contribution in [1.29, 1.82) is 0 Å². The van der Waals surface area contributed by atoms with Crippen LogP contribution in [0, 0.1) is 6.92 Å². The van der Waals surface area contributed by atoms with E-state index in [0.29, 0.717) is 16.7 Å². The maximum atomic E-state index is 6.09. The Kier molecular flexibility index (Phi) is 5.51. The maximum absolute atomic E-state index is 6.09. The van der Waals surface area contributed by atoms with E-state index >= 15 is 0 Å². The second-order valence-corrected chi connectivity index (χ2v) is 7.66. The molecule has 0 unspecified atom stereocenters. The van der Waals surface area contributed by atoms with Gasteiger partial charge in [0.05, 0.1) is 19.3 Å². The van der Waals surface area contributed by atoms with Crippen molar-refractivity contribution in [3.05, 3.63) is 94.0 Å². The lowest BCUT2D eigenvalue weighted by Crippen LogP contribution is -2.29. The fourth-order valence-electron chi connectivity index (χ4n) is 3.20. The Labute approximate surface area is 180 Å². The SMILES string of the molecule is COc1ccc(CN2N=C(c3ccc(Cl)cc3)c3ccc(C)cc3NC2=S)cc1. The molecule has 29 heavy (non-hydrogen) atoms. The van der Waals surface area contributed by atoms with Crippen LogP contribution in [0.2, 0.25) is 5.02 Å². The molecule has 0 aromatic heterocycles. The Hall–Kier alpha value is -2.89. The van der Waals surface area contributed by atoms with Crippen LogP contribution in [0.3, 0.4) is 0 Å². The van der Waals surface area contributed by atoms with E-state index in [4.69, 9.17) is 33.7 Å². The Morgan fingerprint density at radius 3 is 2.45 bits per heavy atom. The number of thiocarbonyl (C=S) groups is 1. The summed E-state index contributed by atoms with van der Waals surface area (Å²) in [5.74, 6) is 0.818. The van der Waals surface area contributed by atoms with Crippen LogP contribution in [0.5, 0.6) is 5.75 Å². The normalized spacial score (nSPS) is 13.3. The van der Waals surface area contributed by atoms with Gasteiger partial charge in [-0.15, -0.1) is 0 Å². The number of rotatable bonds is 4. The Bertz CT molecular complexity index is 1080. The predicted octanol–water partition coefficient (Wildman–Crippen LogP) is 5.62. The zero-order valence-corrected chi connectivity index (χ0v) is 17.7. The fraction of sp³-hybridized carbons (Fsp3) is 0.130. The van der Waals surface area contributed by atoms with Gasteiger partial charge in [-0.2, -0.15) is 5.10 Å². The van der Waals surface area contributed by atoms with Crippen molar-refractivity contribution in [2.75, 3.05) is 12.4 Å². The molecular formula is C23H20ClN3OS. The van der Waals surface area contributed by atoms with E-state index < -0.39 is 0 Å². The van der Waals surface area contributed by atoms with Crippen molar-refractivity contribution < 1.29 is 4.74 Å². The molecule has 1 aliphatic heterocycles. The summed E-state index contributed by atoms with van der Waals surface area (Å²) in [6, 6.07) is 21.8. The molecule has 0 saturated carbocycles. The lowest BCUT2D eigenvalue weighted by atomic mass is 9.99. The number of hydrogen-bond donors (Lipinski definition) is 1. The van der Waals surface area contributed by atoms with E-state index in [9.17, 15) is 0 Å². The molecule has 0 atom stereocenters. The molecule has 0 amide bonds. The van der Waals surface area contributed by atoms with E-state index in [1.165, 1.54) is 0 Å². The summed E-state index contributed by atoms with van der Waals surface area (Å²) >= 11 is 11.8. The Morgan fingerprint density at radius 1 is 1.03 bits per heavy atom. The maximum Gasteiger partial charge on any atom is 0.194 e. The van der Waals surface area contributed by atoms with Gasteiger partial charge in [-0.25, -0.2) is 5.01 Å². The third kappa shape index (κ3) is 4.26. The fourth-order valence-corrected chi connectivity index (χ4v) is 3.54. The van der Waals surface area contributed by atoms with Gasteiger partial charge in [-0.3, -0.25) is 0 Å². The molecule has 1 heterocycles.